The molecule has 1 N–H and O–H groups in total. The average Bonchev–Trinajstić information content (AvgIpc) is 3.06. The molecule has 0 fully saturated rings. The van der Waals surface area contributed by atoms with E-state index in [9.17, 15) is 9.90 Å². The fourth-order valence-electron chi connectivity index (χ4n) is 2.31. The summed E-state index contributed by atoms with van der Waals surface area (Å²) in [6, 6.07) is 9.24. The maximum atomic E-state index is 11.3. The SMILES string of the molecule is Cc1cc(C)cc(-n2nnc(C(=O)O)c2-c2ccco2)c1. The topological polar surface area (TPSA) is 81.2 Å². The van der Waals surface area contributed by atoms with Gasteiger partial charge in [-0.05, 0) is 49.2 Å². The summed E-state index contributed by atoms with van der Waals surface area (Å²) in [4.78, 5) is 11.3. The Kier molecular flexibility index (Phi) is 3.06. The highest BCUT2D eigenvalue weighted by Gasteiger charge is 2.23. The predicted molar refractivity (Wildman–Crippen MR) is 75.5 cm³/mol. The monoisotopic (exact) mass is 283 g/mol. The third kappa shape index (κ3) is 2.31. The van der Waals surface area contributed by atoms with Crippen molar-refractivity contribution in [1.82, 2.24) is 15.0 Å². The molecule has 0 amide bonds. The molecule has 0 radical (unpaired) electrons. The molecule has 3 aromatic rings. The molecule has 0 bridgehead atoms. The molecule has 6 nitrogen and oxygen atoms in total. The molecule has 0 spiro atoms. The summed E-state index contributed by atoms with van der Waals surface area (Å²) in [5.41, 5.74) is 3.06. The standard InChI is InChI=1S/C15H13N3O3/c1-9-6-10(2)8-11(7-9)18-14(12-4-3-5-21-12)13(15(19)20)16-17-18/h3-8H,1-2H3,(H,19,20). The van der Waals surface area contributed by atoms with Gasteiger partial charge in [0.2, 0.25) is 5.69 Å². The number of rotatable bonds is 3. The van der Waals surface area contributed by atoms with Gasteiger partial charge in [-0.25, -0.2) is 9.48 Å². The normalized spacial score (nSPS) is 10.8. The van der Waals surface area contributed by atoms with Crippen LogP contribution >= 0.6 is 0 Å². The number of aromatic nitrogens is 3. The lowest BCUT2D eigenvalue weighted by atomic mass is 10.1. The van der Waals surface area contributed by atoms with Crippen LogP contribution in [0.5, 0.6) is 0 Å². The first kappa shape index (κ1) is 13.1. The van der Waals surface area contributed by atoms with E-state index in [-0.39, 0.29) is 5.69 Å². The van der Waals surface area contributed by atoms with Gasteiger partial charge in [0.1, 0.15) is 5.69 Å². The number of hydrogen-bond donors (Lipinski definition) is 1. The Bertz CT molecular complexity index is 783. The second-order valence-corrected chi connectivity index (χ2v) is 4.83. The summed E-state index contributed by atoms with van der Waals surface area (Å²) in [6.07, 6.45) is 1.49. The predicted octanol–water partition coefficient (Wildman–Crippen LogP) is 2.84. The zero-order valence-corrected chi connectivity index (χ0v) is 11.6. The third-order valence-corrected chi connectivity index (χ3v) is 3.08. The zero-order valence-electron chi connectivity index (χ0n) is 11.6. The van der Waals surface area contributed by atoms with Gasteiger partial charge in [0, 0.05) is 0 Å². The molecular formula is C15H13N3O3. The molecule has 0 aliphatic rings. The van der Waals surface area contributed by atoms with Crippen LogP contribution in [0.15, 0.2) is 41.0 Å². The Morgan fingerprint density at radius 3 is 2.52 bits per heavy atom. The Morgan fingerprint density at radius 2 is 1.95 bits per heavy atom. The number of furan rings is 1. The van der Waals surface area contributed by atoms with Gasteiger partial charge in [-0.1, -0.05) is 11.3 Å². The summed E-state index contributed by atoms with van der Waals surface area (Å²) in [5.74, 6) is -0.728. The minimum absolute atomic E-state index is 0.135. The fraction of sp³-hybridized carbons (Fsp3) is 0.133. The number of carbonyl (C=O) groups is 1. The van der Waals surface area contributed by atoms with Crippen LogP contribution in [0.4, 0.5) is 0 Å². The zero-order chi connectivity index (χ0) is 15.0. The molecule has 3 rings (SSSR count). The van der Waals surface area contributed by atoms with Crippen molar-refractivity contribution >= 4 is 5.97 Å². The smallest absolute Gasteiger partial charge is 0.358 e. The van der Waals surface area contributed by atoms with Crippen LogP contribution in [-0.2, 0) is 0 Å². The lowest BCUT2D eigenvalue weighted by Gasteiger charge is -2.07. The van der Waals surface area contributed by atoms with Crippen molar-refractivity contribution in [3.63, 3.8) is 0 Å². The van der Waals surface area contributed by atoms with Gasteiger partial charge in [-0.2, -0.15) is 0 Å². The molecule has 0 saturated carbocycles. The second-order valence-electron chi connectivity index (χ2n) is 4.83. The van der Waals surface area contributed by atoms with Crippen molar-refractivity contribution in [3.8, 4) is 17.1 Å². The molecule has 0 unspecified atom stereocenters. The van der Waals surface area contributed by atoms with Crippen LogP contribution in [0.1, 0.15) is 21.6 Å². The lowest BCUT2D eigenvalue weighted by Crippen LogP contribution is -2.03. The molecular weight excluding hydrogens is 270 g/mol. The second kappa shape index (κ2) is 4.90. The summed E-state index contributed by atoms with van der Waals surface area (Å²) in [7, 11) is 0. The molecule has 2 aromatic heterocycles. The van der Waals surface area contributed by atoms with Crippen molar-refractivity contribution in [3.05, 3.63) is 53.4 Å². The molecule has 6 heteroatoms. The number of carboxylic acid groups (broad SMARTS) is 1. The van der Waals surface area contributed by atoms with Crippen molar-refractivity contribution in [2.24, 2.45) is 0 Å². The number of carboxylic acids is 1. The molecule has 1 aromatic carbocycles. The van der Waals surface area contributed by atoms with E-state index >= 15 is 0 Å². The number of aromatic carboxylic acids is 1. The maximum absolute atomic E-state index is 11.3. The van der Waals surface area contributed by atoms with Crippen LogP contribution in [0.25, 0.3) is 17.1 Å². The molecule has 0 aliphatic carbocycles. The Balaban J connectivity index is 2.26. The lowest BCUT2D eigenvalue weighted by molar-refractivity contribution is 0.0691. The summed E-state index contributed by atoms with van der Waals surface area (Å²) in [6.45, 7) is 3.94. The first-order valence-corrected chi connectivity index (χ1v) is 6.38. The maximum Gasteiger partial charge on any atom is 0.358 e. The van der Waals surface area contributed by atoms with E-state index in [1.165, 1.54) is 10.9 Å². The average molecular weight is 283 g/mol. The van der Waals surface area contributed by atoms with Gasteiger partial charge in [-0.3, -0.25) is 0 Å². The number of aryl methyl sites for hydroxylation is 2. The van der Waals surface area contributed by atoms with Crippen LogP contribution in [0.3, 0.4) is 0 Å². The van der Waals surface area contributed by atoms with E-state index in [4.69, 9.17) is 4.42 Å². The van der Waals surface area contributed by atoms with Crippen molar-refractivity contribution in [1.29, 1.82) is 0 Å². The molecule has 106 valence electrons. The van der Waals surface area contributed by atoms with Crippen molar-refractivity contribution in [2.75, 3.05) is 0 Å². The van der Waals surface area contributed by atoms with Crippen LogP contribution in [0.2, 0.25) is 0 Å². The largest absolute Gasteiger partial charge is 0.476 e. The van der Waals surface area contributed by atoms with Crippen LogP contribution in [0, 0.1) is 13.8 Å². The summed E-state index contributed by atoms with van der Waals surface area (Å²) < 4.78 is 6.82. The first-order chi connectivity index (χ1) is 10.1. The minimum Gasteiger partial charge on any atom is -0.476 e. The van der Waals surface area contributed by atoms with E-state index in [0.717, 1.165) is 16.8 Å². The minimum atomic E-state index is -1.14. The van der Waals surface area contributed by atoms with Gasteiger partial charge >= 0.3 is 5.97 Å². The Labute approximate surface area is 120 Å². The summed E-state index contributed by atoms with van der Waals surface area (Å²) >= 11 is 0. The van der Waals surface area contributed by atoms with Crippen molar-refractivity contribution < 1.29 is 14.3 Å². The Hall–Kier alpha value is -2.89. The first-order valence-electron chi connectivity index (χ1n) is 6.38. The molecule has 0 aliphatic heterocycles. The molecule has 0 atom stereocenters. The van der Waals surface area contributed by atoms with Gasteiger partial charge in [0.25, 0.3) is 0 Å². The van der Waals surface area contributed by atoms with Gasteiger partial charge in [-0.15, -0.1) is 5.10 Å². The molecule has 21 heavy (non-hydrogen) atoms. The van der Waals surface area contributed by atoms with E-state index in [1.807, 2.05) is 32.0 Å². The quantitative estimate of drug-likeness (QED) is 0.799. The molecule has 2 heterocycles. The summed E-state index contributed by atoms with van der Waals surface area (Å²) in [5, 5.41) is 17.0. The number of benzene rings is 1. The third-order valence-electron chi connectivity index (χ3n) is 3.08. The van der Waals surface area contributed by atoms with Crippen LogP contribution in [-0.4, -0.2) is 26.1 Å². The van der Waals surface area contributed by atoms with Gasteiger partial charge in [0.05, 0.1) is 12.0 Å². The van der Waals surface area contributed by atoms with Gasteiger partial charge in [0.15, 0.2) is 5.76 Å². The van der Waals surface area contributed by atoms with E-state index in [2.05, 4.69) is 10.3 Å². The number of nitrogens with zero attached hydrogens (tertiary/aromatic N) is 3. The highest BCUT2D eigenvalue weighted by atomic mass is 16.4. The van der Waals surface area contributed by atoms with Crippen LogP contribution < -0.4 is 0 Å². The van der Waals surface area contributed by atoms with E-state index in [0.29, 0.717) is 11.5 Å². The highest BCUT2D eigenvalue weighted by Crippen LogP contribution is 2.26. The van der Waals surface area contributed by atoms with Gasteiger partial charge < -0.3 is 9.52 Å². The van der Waals surface area contributed by atoms with Crippen molar-refractivity contribution in [2.45, 2.75) is 13.8 Å². The number of hydrogen-bond acceptors (Lipinski definition) is 4. The molecule has 0 saturated heterocycles. The Morgan fingerprint density at radius 1 is 1.24 bits per heavy atom. The van der Waals surface area contributed by atoms with E-state index < -0.39 is 5.97 Å². The highest BCUT2D eigenvalue weighted by molar-refractivity contribution is 5.92. The fourth-order valence-corrected chi connectivity index (χ4v) is 2.31. The van der Waals surface area contributed by atoms with E-state index in [1.54, 1.807) is 12.1 Å².